The van der Waals surface area contributed by atoms with Crippen molar-refractivity contribution in [2.24, 2.45) is 10.7 Å². The van der Waals surface area contributed by atoms with Crippen LogP contribution < -0.4 is 5.73 Å². The van der Waals surface area contributed by atoms with Gasteiger partial charge in [-0.3, -0.25) is 4.99 Å². The molecule has 68 valence electrons. The SMILES string of the molecule is C[C@H](N)C1=NC=C(C(F)(F)F)C1. The van der Waals surface area contributed by atoms with Crippen LogP contribution in [0.15, 0.2) is 16.8 Å². The number of aliphatic imine (C=N–C) groups is 1. The highest BCUT2D eigenvalue weighted by Gasteiger charge is 2.36. The topological polar surface area (TPSA) is 38.4 Å². The van der Waals surface area contributed by atoms with Gasteiger partial charge < -0.3 is 5.73 Å². The second-order valence-corrected chi connectivity index (χ2v) is 2.74. The van der Waals surface area contributed by atoms with E-state index in [1.165, 1.54) is 0 Å². The van der Waals surface area contributed by atoms with Crippen LogP contribution in [0.2, 0.25) is 0 Å². The van der Waals surface area contributed by atoms with Crippen LogP contribution in [0.25, 0.3) is 0 Å². The molecule has 1 aliphatic rings. The maximum atomic E-state index is 12.0. The van der Waals surface area contributed by atoms with Gasteiger partial charge in [0.05, 0.1) is 5.57 Å². The molecule has 1 rings (SSSR count). The van der Waals surface area contributed by atoms with Crippen LogP contribution >= 0.6 is 0 Å². The first kappa shape index (κ1) is 9.25. The molecule has 1 atom stereocenters. The smallest absolute Gasteiger partial charge is 0.323 e. The minimum absolute atomic E-state index is 0.166. The molecule has 0 aliphatic carbocycles. The van der Waals surface area contributed by atoms with Gasteiger partial charge in [-0.2, -0.15) is 13.2 Å². The number of hydrogen-bond donors (Lipinski definition) is 1. The molecule has 0 spiro atoms. The van der Waals surface area contributed by atoms with Gasteiger partial charge in [-0.1, -0.05) is 0 Å². The lowest BCUT2D eigenvalue weighted by molar-refractivity contribution is -0.0923. The van der Waals surface area contributed by atoms with Crippen molar-refractivity contribution >= 4 is 5.71 Å². The van der Waals surface area contributed by atoms with Gasteiger partial charge in [-0.15, -0.1) is 0 Å². The summed E-state index contributed by atoms with van der Waals surface area (Å²) in [7, 11) is 0. The van der Waals surface area contributed by atoms with Crippen molar-refractivity contribution < 1.29 is 13.2 Å². The number of halogens is 3. The first-order chi connectivity index (χ1) is 5.41. The second kappa shape index (κ2) is 2.90. The summed E-state index contributed by atoms with van der Waals surface area (Å²) in [6.45, 7) is 1.62. The summed E-state index contributed by atoms with van der Waals surface area (Å²) in [5, 5.41) is 0. The van der Waals surface area contributed by atoms with Crippen molar-refractivity contribution in [3.63, 3.8) is 0 Å². The predicted molar refractivity (Wildman–Crippen MR) is 39.8 cm³/mol. The van der Waals surface area contributed by atoms with Gasteiger partial charge in [0.15, 0.2) is 0 Å². The Labute approximate surface area is 68.0 Å². The van der Waals surface area contributed by atoms with E-state index in [0.29, 0.717) is 5.71 Å². The zero-order valence-corrected chi connectivity index (χ0v) is 6.52. The van der Waals surface area contributed by atoms with Gasteiger partial charge in [-0.25, -0.2) is 0 Å². The summed E-state index contributed by atoms with van der Waals surface area (Å²) in [5.41, 5.74) is 5.15. The monoisotopic (exact) mass is 178 g/mol. The Balaban J connectivity index is 2.62. The largest absolute Gasteiger partial charge is 0.414 e. The van der Waals surface area contributed by atoms with E-state index in [4.69, 9.17) is 5.73 Å². The molecule has 0 fully saturated rings. The molecule has 5 heteroatoms. The van der Waals surface area contributed by atoms with E-state index in [1.54, 1.807) is 6.92 Å². The van der Waals surface area contributed by atoms with Crippen molar-refractivity contribution in [3.05, 3.63) is 11.8 Å². The van der Waals surface area contributed by atoms with Crippen molar-refractivity contribution in [1.29, 1.82) is 0 Å². The predicted octanol–water partition coefficient (Wildman–Crippen LogP) is 1.62. The van der Waals surface area contributed by atoms with Gasteiger partial charge in [0, 0.05) is 24.4 Å². The maximum absolute atomic E-state index is 12.0. The average Bonchev–Trinajstić information content (AvgIpc) is 2.30. The fourth-order valence-corrected chi connectivity index (χ4v) is 0.899. The molecular weight excluding hydrogens is 169 g/mol. The molecular formula is C7H9F3N2. The second-order valence-electron chi connectivity index (χ2n) is 2.74. The van der Waals surface area contributed by atoms with E-state index < -0.39 is 17.8 Å². The first-order valence-electron chi connectivity index (χ1n) is 3.49. The molecule has 2 nitrogen and oxygen atoms in total. The number of nitrogens with two attached hydrogens (primary N) is 1. The quantitative estimate of drug-likeness (QED) is 0.651. The lowest BCUT2D eigenvalue weighted by Crippen LogP contribution is -2.26. The van der Waals surface area contributed by atoms with Gasteiger partial charge in [0.1, 0.15) is 0 Å². The standard InChI is InChI=1S/C7H9F3N2/c1-4(11)6-2-5(3-12-6)7(8,9)10/h3-4H,2,11H2,1H3/t4-/m0/s1. The summed E-state index contributed by atoms with van der Waals surface area (Å²) >= 11 is 0. The molecule has 0 saturated carbocycles. The lowest BCUT2D eigenvalue weighted by Gasteiger charge is -2.08. The van der Waals surface area contributed by atoms with E-state index in [0.717, 1.165) is 6.20 Å². The zero-order chi connectivity index (χ0) is 9.35. The molecule has 1 aliphatic heterocycles. The Kier molecular flexibility index (Phi) is 2.23. The van der Waals surface area contributed by atoms with Gasteiger partial charge >= 0.3 is 6.18 Å². The van der Waals surface area contributed by atoms with E-state index in [2.05, 4.69) is 4.99 Å². The van der Waals surface area contributed by atoms with E-state index in [-0.39, 0.29) is 6.42 Å². The average molecular weight is 178 g/mol. The molecule has 0 radical (unpaired) electrons. The number of nitrogens with zero attached hydrogens (tertiary/aromatic N) is 1. The zero-order valence-electron chi connectivity index (χ0n) is 6.52. The van der Waals surface area contributed by atoms with Crippen molar-refractivity contribution in [2.75, 3.05) is 0 Å². The van der Waals surface area contributed by atoms with Crippen LogP contribution in [0.5, 0.6) is 0 Å². The summed E-state index contributed by atoms with van der Waals surface area (Å²) < 4.78 is 36.0. The third-order valence-electron chi connectivity index (χ3n) is 1.65. The number of rotatable bonds is 1. The third kappa shape index (κ3) is 1.85. The first-order valence-corrected chi connectivity index (χ1v) is 3.49. The molecule has 12 heavy (non-hydrogen) atoms. The highest BCUT2D eigenvalue weighted by molar-refractivity contribution is 5.93. The Hall–Kier alpha value is -0.840. The van der Waals surface area contributed by atoms with Crippen molar-refractivity contribution in [2.45, 2.75) is 25.6 Å². The van der Waals surface area contributed by atoms with Crippen LogP contribution in [0.4, 0.5) is 13.2 Å². The maximum Gasteiger partial charge on any atom is 0.414 e. The fourth-order valence-electron chi connectivity index (χ4n) is 0.899. The van der Waals surface area contributed by atoms with Crippen LogP contribution in [-0.2, 0) is 0 Å². The molecule has 0 unspecified atom stereocenters. The molecule has 0 aromatic heterocycles. The molecule has 1 heterocycles. The molecule has 0 amide bonds. The number of hydrogen-bond acceptors (Lipinski definition) is 2. The van der Waals surface area contributed by atoms with Crippen molar-refractivity contribution in [1.82, 2.24) is 0 Å². The number of alkyl halides is 3. The summed E-state index contributed by atoms with van der Waals surface area (Å²) in [6, 6.07) is -0.402. The number of allylic oxidation sites excluding steroid dienone is 1. The van der Waals surface area contributed by atoms with Crippen molar-refractivity contribution in [3.8, 4) is 0 Å². The van der Waals surface area contributed by atoms with Crippen LogP contribution in [0.3, 0.4) is 0 Å². The lowest BCUT2D eigenvalue weighted by atomic mass is 10.1. The third-order valence-corrected chi connectivity index (χ3v) is 1.65. The minimum Gasteiger partial charge on any atom is -0.323 e. The van der Waals surface area contributed by atoms with E-state index in [9.17, 15) is 13.2 Å². The summed E-state index contributed by atoms with van der Waals surface area (Å²) in [5.74, 6) is 0. The highest BCUT2D eigenvalue weighted by atomic mass is 19.4. The van der Waals surface area contributed by atoms with Crippen LogP contribution in [0, 0.1) is 0 Å². The Morgan fingerprint density at radius 3 is 2.42 bits per heavy atom. The van der Waals surface area contributed by atoms with E-state index in [1.807, 2.05) is 0 Å². The fraction of sp³-hybridized carbons (Fsp3) is 0.571. The Bertz CT molecular complexity index is 238. The Morgan fingerprint density at radius 1 is 1.58 bits per heavy atom. The Morgan fingerprint density at radius 2 is 2.17 bits per heavy atom. The van der Waals surface area contributed by atoms with Crippen LogP contribution in [-0.4, -0.2) is 17.9 Å². The van der Waals surface area contributed by atoms with E-state index >= 15 is 0 Å². The normalized spacial score (nSPS) is 20.4. The summed E-state index contributed by atoms with van der Waals surface area (Å²) in [6.07, 6.45) is -3.58. The van der Waals surface area contributed by atoms with Gasteiger partial charge in [0.25, 0.3) is 0 Å². The molecule has 2 N–H and O–H groups in total. The molecule has 0 aromatic rings. The highest BCUT2D eigenvalue weighted by Crippen LogP contribution is 2.31. The minimum atomic E-state index is -4.26. The molecule has 0 aromatic carbocycles. The van der Waals surface area contributed by atoms with Crippen LogP contribution in [0.1, 0.15) is 13.3 Å². The summed E-state index contributed by atoms with van der Waals surface area (Å²) in [4.78, 5) is 3.59. The molecule has 0 saturated heterocycles. The molecule has 0 bridgehead atoms. The van der Waals surface area contributed by atoms with Gasteiger partial charge in [0.2, 0.25) is 0 Å². The van der Waals surface area contributed by atoms with Gasteiger partial charge in [-0.05, 0) is 6.92 Å².